The number of nitrogens with one attached hydrogen (secondary N) is 2. The van der Waals surface area contributed by atoms with Crippen molar-refractivity contribution >= 4 is 41.2 Å². The summed E-state index contributed by atoms with van der Waals surface area (Å²) < 4.78 is 6.06. The second-order valence-electron chi connectivity index (χ2n) is 14.6. The van der Waals surface area contributed by atoms with Crippen LogP contribution in [0.5, 0.6) is 5.88 Å². The van der Waals surface area contributed by atoms with E-state index in [1.807, 2.05) is 0 Å². The topological polar surface area (TPSA) is 158 Å². The standard InChI is InChI=1S/C32H46ClN5O7/c1-31(2,3)26(38(30(43)44)32(4,5)6)29(42)37-17-21(45-24-13-10-19(33)16-34-24)15-23(37)27(40)36-22(14-18-8-7-9-18)25(39)28(41)35-20-11-12-20/h10,13,16,18,20-23,26H,7-9,11-12,14-15,17H2,1-6H3,(H,35,41)(H,36,40)(H,43,44)/t21-,22+,23+,26?/m1/s1. The van der Waals surface area contributed by atoms with Gasteiger partial charge in [0.25, 0.3) is 5.91 Å². The first kappa shape index (κ1) is 34.5. The summed E-state index contributed by atoms with van der Waals surface area (Å²) in [7, 11) is 0. The number of ketones is 1. The van der Waals surface area contributed by atoms with Crippen LogP contribution in [-0.4, -0.2) is 91.8 Å². The van der Waals surface area contributed by atoms with E-state index in [0.717, 1.165) is 37.0 Å². The molecule has 1 aromatic rings. The number of pyridine rings is 1. The number of halogens is 1. The SMILES string of the molecule is CC(C)(C)C(C(=O)N1C[C@H](Oc2ccc(Cl)cn2)C[C@H]1C(=O)N[C@@H](CC1CCC1)C(=O)C(=O)NC1CC1)N(C(=O)O)C(C)(C)C. The van der Waals surface area contributed by atoms with E-state index in [9.17, 15) is 29.1 Å². The first-order valence-corrected chi connectivity index (χ1v) is 16.1. The minimum absolute atomic E-state index is 0.0156. The van der Waals surface area contributed by atoms with Crippen LogP contribution in [0.1, 0.15) is 86.5 Å². The van der Waals surface area contributed by atoms with Gasteiger partial charge in [0, 0.05) is 30.3 Å². The molecule has 4 amide bonds. The van der Waals surface area contributed by atoms with Crippen LogP contribution in [0.2, 0.25) is 5.02 Å². The number of rotatable bonds is 11. The third-order valence-electron chi connectivity index (χ3n) is 8.64. The fraction of sp³-hybridized carbons (Fsp3) is 0.688. The molecule has 0 aromatic carbocycles. The van der Waals surface area contributed by atoms with Crippen LogP contribution in [0, 0.1) is 11.3 Å². The van der Waals surface area contributed by atoms with Gasteiger partial charge in [-0.1, -0.05) is 51.6 Å². The van der Waals surface area contributed by atoms with Crippen LogP contribution in [0.4, 0.5) is 4.79 Å². The van der Waals surface area contributed by atoms with Crippen LogP contribution >= 0.6 is 11.6 Å². The van der Waals surface area contributed by atoms with Gasteiger partial charge in [0.15, 0.2) is 0 Å². The number of likely N-dealkylation sites (tertiary alicyclic amines) is 1. The number of carbonyl (C=O) groups excluding carboxylic acids is 4. The van der Waals surface area contributed by atoms with Crippen molar-refractivity contribution < 1.29 is 33.8 Å². The van der Waals surface area contributed by atoms with Gasteiger partial charge in [-0.15, -0.1) is 0 Å². The van der Waals surface area contributed by atoms with Crippen molar-refractivity contribution in [1.82, 2.24) is 25.4 Å². The van der Waals surface area contributed by atoms with Gasteiger partial charge >= 0.3 is 6.09 Å². The molecule has 2 aliphatic carbocycles. The molecule has 0 radical (unpaired) electrons. The number of amides is 4. The maximum absolute atomic E-state index is 14.5. The van der Waals surface area contributed by atoms with Crippen molar-refractivity contribution in [3.8, 4) is 5.88 Å². The fourth-order valence-corrected chi connectivity index (χ4v) is 6.10. The number of aromatic nitrogens is 1. The first-order chi connectivity index (χ1) is 21.0. The van der Waals surface area contributed by atoms with Gasteiger partial charge in [-0.3, -0.25) is 24.1 Å². The molecule has 0 spiro atoms. The lowest BCUT2D eigenvalue weighted by atomic mass is 9.80. The van der Waals surface area contributed by atoms with E-state index in [1.54, 1.807) is 53.7 Å². The zero-order valence-corrected chi connectivity index (χ0v) is 27.7. The number of hydrogen-bond donors (Lipinski definition) is 3. The Kier molecular flexibility index (Phi) is 10.4. The maximum atomic E-state index is 14.5. The Balaban J connectivity index is 1.63. The van der Waals surface area contributed by atoms with E-state index >= 15 is 0 Å². The Morgan fingerprint density at radius 2 is 1.76 bits per heavy atom. The quantitative estimate of drug-likeness (QED) is 0.306. The van der Waals surface area contributed by atoms with E-state index in [2.05, 4.69) is 15.6 Å². The van der Waals surface area contributed by atoms with Crippen LogP contribution in [0.3, 0.4) is 0 Å². The van der Waals surface area contributed by atoms with E-state index in [-0.39, 0.29) is 30.8 Å². The molecule has 3 fully saturated rings. The molecule has 0 bridgehead atoms. The molecule has 248 valence electrons. The van der Waals surface area contributed by atoms with Gasteiger partial charge in [0.05, 0.1) is 17.6 Å². The van der Waals surface area contributed by atoms with Gasteiger partial charge in [0.2, 0.25) is 23.5 Å². The Morgan fingerprint density at radius 3 is 2.24 bits per heavy atom. The minimum Gasteiger partial charge on any atom is -0.472 e. The summed E-state index contributed by atoms with van der Waals surface area (Å²) >= 11 is 5.97. The predicted octanol–water partition coefficient (Wildman–Crippen LogP) is 3.80. The van der Waals surface area contributed by atoms with Crippen molar-refractivity contribution in [1.29, 1.82) is 0 Å². The molecule has 3 N–H and O–H groups in total. The summed E-state index contributed by atoms with van der Waals surface area (Å²) in [6.45, 7) is 10.4. The highest BCUT2D eigenvalue weighted by molar-refractivity contribution is 6.38. The molecule has 1 aliphatic heterocycles. The lowest BCUT2D eigenvalue weighted by Gasteiger charge is -2.46. The molecule has 2 saturated carbocycles. The highest BCUT2D eigenvalue weighted by Gasteiger charge is 2.51. The average molecular weight is 648 g/mol. The molecular formula is C32H46ClN5O7. The highest BCUT2D eigenvalue weighted by Crippen LogP contribution is 2.35. The van der Waals surface area contributed by atoms with Crippen molar-refractivity contribution in [3.05, 3.63) is 23.4 Å². The van der Waals surface area contributed by atoms with Gasteiger partial charge in [0.1, 0.15) is 18.2 Å². The summed E-state index contributed by atoms with van der Waals surface area (Å²) in [4.78, 5) is 73.7. The Morgan fingerprint density at radius 1 is 1.09 bits per heavy atom. The zero-order chi connectivity index (χ0) is 33.3. The predicted molar refractivity (Wildman–Crippen MR) is 167 cm³/mol. The molecule has 13 heteroatoms. The number of carboxylic acid groups (broad SMARTS) is 1. The van der Waals surface area contributed by atoms with Crippen molar-refractivity contribution in [3.63, 3.8) is 0 Å². The minimum atomic E-state index is -1.26. The van der Waals surface area contributed by atoms with Gasteiger partial charge in [-0.25, -0.2) is 9.78 Å². The molecular weight excluding hydrogens is 602 g/mol. The third-order valence-corrected chi connectivity index (χ3v) is 8.86. The summed E-state index contributed by atoms with van der Waals surface area (Å²) in [5, 5.41) is 16.2. The Hall–Kier alpha value is -3.41. The average Bonchev–Trinajstić information content (AvgIpc) is 3.62. The largest absolute Gasteiger partial charge is 0.472 e. The first-order valence-electron chi connectivity index (χ1n) is 15.7. The van der Waals surface area contributed by atoms with E-state index in [4.69, 9.17) is 16.3 Å². The number of hydrogen-bond acceptors (Lipinski definition) is 7. The van der Waals surface area contributed by atoms with Gasteiger partial charge in [-0.2, -0.15) is 0 Å². The monoisotopic (exact) mass is 647 g/mol. The van der Waals surface area contributed by atoms with Crippen LogP contribution in [0.25, 0.3) is 0 Å². The number of carbonyl (C=O) groups is 5. The lowest BCUT2D eigenvalue weighted by Crippen LogP contribution is -2.63. The highest BCUT2D eigenvalue weighted by atomic mass is 35.5. The molecule has 1 unspecified atom stereocenters. The van der Waals surface area contributed by atoms with Crippen molar-refractivity contribution in [2.24, 2.45) is 11.3 Å². The number of nitrogens with zero attached hydrogens (tertiary/aromatic N) is 3. The number of Topliss-reactive ketones (excluding diaryl/α,β-unsaturated/α-hetero) is 1. The Labute approximate surface area is 269 Å². The third kappa shape index (κ3) is 8.65. The molecule has 1 aromatic heterocycles. The number of ether oxygens (including phenoxy) is 1. The van der Waals surface area contributed by atoms with Crippen molar-refractivity contribution in [2.75, 3.05) is 6.54 Å². The van der Waals surface area contributed by atoms with E-state index in [0.29, 0.717) is 11.4 Å². The lowest BCUT2D eigenvalue weighted by molar-refractivity contribution is -0.148. The molecule has 4 atom stereocenters. The molecule has 1 saturated heterocycles. The summed E-state index contributed by atoms with van der Waals surface area (Å²) in [6.07, 6.45) is 4.38. The van der Waals surface area contributed by atoms with Gasteiger partial charge in [-0.05, 0) is 57.4 Å². The van der Waals surface area contributed by atoms with Crippen LogP contribution in [0.15, 0.2) is 18.3 Å². The van der Waals surface area contributed by atoms with Gasteiger partial charge < -0.3 is 25.4 Å². The zero-order valence-electron chi connectivity index (χ0n) is 27.0. The maximum Gasteiger partial charge on any atom is 0.408 e. The second-order valence-corrected chi connectivity index (χ2v) is 15.0. The van der Waals surface area contributed by atoms with Crippen LogP contribution < -0.4 is 15.4 Å². The van der Waals surface area contributed by atoms with E-state index < -0.39 is 64.8 Å². The summed E-state index contributed by atoms with van der Waals surface area (Å²) in [5.74, 6) is -2.10. The fourth-order valence-electron chi connectivity index (χ4n) is 5.99. The second kappa shape index (κ2) is 13.5. The molecule has 3 aliphatic rings. The smallest absolute Gasteiger partial charge is 0.408 e. The van der Waals surface area contributed by atoms with E-state index in [1.165, 1.54) is 11.1 Å². The van der Waals surface area contributed by atoms with Crippen LogP contribution in [-0.2, 0) is 19.2 Å². The summed E-state index contributed by atoms with van der Waals surface area (Å²) in [6, 6.07) is -0.0953. The molecule has 12 nitrogen and oxygen atoms in total. The van der Waals surface area contributed by atoms with Crippen molar-refractivity contribution in [2.45, 2.75) is 122 Å². The normalized spacial score (nSPS) is 21.7. The molecule has 2 heterocycles. The summed E-state index contributed by atoms with van der Waals surface area (Å²) in [5.41, 5.74) is -1.78. The molecule has 45 heavy (non-hydrogen) atoms. The Bertz CT molecular complexity index is 1280. The molecule has 4 rings (SSSR count).